The van der Waals surface area contributed by atoms with Crippen LogP contribution in [0, 0.1) is 13.8 Å². The molecule has 0 bridgehead atoms. The summed E-state index contributed by atoms with van der Waals surface area (Å²) in [6, 6.07) is 5.52. The van der Waals surface area contributed by atoms with Gasteiger partial charge in [0.05, 0.1) is 4.90 Å². The van der Waals surface area contributed by atoms with Crippen molar-refractivity contribution in [2.24, 2.45) is 0 Å². The average molecular weight is 332 g/mol. The van der Waals surface area contributed by atoms with Crippen molar-refractivity contribution in [3.63, 3.8) is 0 Å². The molecule has 1 aromatic carbocycles. The zero-order valence-corrected chi connectivity index (χ0v) is 13.1. The minimum Gasteiger partial charge on any atom is -0.207 e. The van der Waals surface area contributed by atoms with Gasteiger partial charge in [0.2, 0.25) is 10.0 Å². The molecular formula is C13H18BrNO2S. The molecule has 1 saturated carbocycles. The number of rotatable bonds is 4. The Labute approximate surface area is 117 Å². The molecule has 0 aliphatic heterocycles. The van der Waals surface area contributed by atoms with Crippen molar-refractivity contribution < 1.29 is 8.42 Å². The van der Waals surface area contributed by atoms with E-state index in [1.54, 1.807) is 6.07 Å². The third kappa shape index (κ3) is 2.63. The molecule has 0 radical (unpaired) electrons. The van der Waals surface area contributed by atoms with Crippen LogP contribution in [0.5, 0.6) is 0 Å². The van der Waals surface area contributed by atoms with Gasteiger partial charge in [-0.05, 0) is 50.3 Å². The number of benzene rings is 1. The largest absolute Gasteiger partial charge is 0.241 e. The van der Waals surface area contributed by atoms with Gasteiger partial charge in [-0.3, -0.25) is 0 Å². The van der Waals surface area contributed by atoms with Gasteiger partial charge >= 0.3 is 0 Å². The minimum absolute atomic E-state index is 0.283. The lowest BCUT2D eigenvalue weighted by atomic mass is 9.80. The SMILES string of the molecule is Cc1ccc(C)c(S(=O)(=O)NC2(CBr)CCC2)c1. The molecule has 1 aromatic rings. The predicted octanol–water partition coefficient (Wildman–Crippen LogP) is 2.90. The number of halogens is 1. The first kappa shape index (κ1) is 14.0. The van der Waals surface area contributed by atoms with Crippen molar-refractivity contribution in [1.82, 2.24) is 4.72 Å². The maximum absolute atomic E-state index is 12.4. The summed E-state index contributed by atoms with van der Waals surface area (Å²) in [5.41, 5.74) is 1.47. The zero-order chi connectivity index (χ0) is 13.4. The van der Waals surface area contributed by atoms with Gasteiger partial charge in [-0.1, -0.05) is 28.1 Å². The van der Waals surface area contributed by atoms with Crippen LogP contribution in [0.4, 0.5) is 0 Å². The molecular weight excluding hydrogens is 314 g/mol. The van der Waals surface area contributed by atoms with E-state index in [0.29, 0.717) is 10.2 Å². The summed E-state index contributed by atoms with van der Waals surface area (Å²) in [4.78, 5) is 0.398. The Hall–Kier alpha value is -0.390. The number of sulfonamides is 1. The van der Waals surface area contributed by atoms with Crippen molar-refractivity contribution in [2.45, 2.75) is 43.5 Å². The Morgan fingerprint density at radius 3 is 2.50 bits per heavy atom. The van der Waals surface area contributed by atoms with Gasteiger partial charge in [-0.25, -0.2) is 13.1 Å². The molecule has 18 heavy (non-hydrogen) atoms. The van der Waals surface area contributed by atoms with Gasteiger partial charge in [0.25, 0.3) is 0 Å². The maximum atomic E-state index is 12.4. The molecule has 1 N–H and O–H groups in total. The predicted molar refractivity (Wildman–Crippen MR) is 76.6 cm³/mol. The molecule has 0 atom stereocenters. The Morgan fingerprint density at radius 1 is 1.33 bits per heavy atom. The average Bonchev–Trinajstić information content (AvgIpc) is 2.27. The number of aryl methyl sites for hydroxylation is 2. The van der Waals surface area contributed by atoms with E-state index >= 15 is 0 Å². The molecule has 1 aliphatic rings. The Kier molecular flexibility index (Phi) is 3.85. The fourth-order valence-electron chi connectivity index (χ4n) is 2.20. The highest BCUT2D eigenvalue weighted by Crippen LogP contribution is 2.35. The second kappa shape index (κ2) is 4.94. The van der Waals surface area contributed by atoms with E-state index in [9.17, 15) is 8.42 Å². The van der Waals surface area contributed by atoms with Crippen LogP contribution in [-0.2, 0) is 10.0 Å². The van der Waals surface area contributed by atoms with Crippen LogP contribution in [0.15, 0.2) is 23.1 Å². The molecule has 0 saturated heterocycles. The minimum atomic E-state index is -3.42. The number of hydrogen-bond acceptors (Lipinski definition) is 2. The maximum Gasteiger partial charge on any atom is 0.241 e. The lowest BCUT2D eigenvalue weighted by Gasteiger charge is -2.40. The molecule has 2 rings (SSSR count). The van der Waals surface area contributed by atoms with Crippen LogP contribution >= 0.6 is 15.9 Å². The molecule has 0 heterocycles. The highest BCUT2D eigenvalue weighted by molar-refractivity contribution is 9.09. The van der Waals surface area contributed by atoms with Crippen LogP contribution in [0.2, 0.25) is 0 Å². The Bertz CT molecular complexity index is 545. The summed E-state index contributed by atoms with van der Waals surface area (Å²) in [7, 11) is -3.42. The second-order valence-corrected chi connectivity index (χ2v) is 7.35. The molecule has 0 unspecified atom stereocenters. The van der Waals surface area contributed by atoms with Crippen molar-refractivity contribution >= 4 is 26.0 Å². The van der Waals surface area contributed by atoms with E-state index in [0.717, 1.165) is 30.4 Å². The summed E-state index contributed by atoms with van der Waals surface area (Å²) in [5.74, 6) is 0. The smallest absolute Gasteiger partial charge is 0.207 e. The van der Waals surface area contributed by atoms with E-state index < -0.39 is 10.0 Å². The van der Waals surface area contributed by atoms with Crippen LogP contribution in [-0.4, -0.2) is 19.3 Å². The second-order valence-electron chi connectivity index (χ2n) is 5.14. The first-order valence-corrected chi connectivity index (χ1v) is 8.66. The van der Waals surface area contributed by atoms with Gasteiger partial charge in [0.1, 0.15) is 0 Å². The standard InChI is InChI=1S/C13H18BrNO2S/c1-10-4-5-11(2)12(8-10)18(16,17)15-13(9-14)6-3-7-13/h4-5,8,15H,3,6-7,9H2,1-2H3. The summed E-state index contributed by atoms with van der Waals surface area (Å²) < 4.78 is 27.7. The van der Waals surface area contributed by atoms with Crippen LogP contribution in [0.25, 0.3) is 0 Å². The molecule has 1 fully saturated rings. The summed E-state index contributed by atoms with van der Waals surface area (Å²) in [6.45, 7) is 3.73. The number of alkyl halides is 1. The molecule has 0 spiro atoms. The van der Waals surface area contributed by atoms with Gasteiger partial charge in [-0.2, -0.15) is 0 Å². The Balaban J connectivity index is 2.33. The van der Waals surface area contributed by atoms with Crippen molar-refractivity contribution in [1.29, 1.82) is 0 Å². The summed E-state index contributed by atoms with van der Waals surface area (Å²) >= 11 is 3.41. The monoisotopic (exact) mass is 331 g/mol. The normalized spacial score (nSPS) is 18.4. The molecule has 100 valence electrons. The molecule has 1 aliphatic carbocycles. The zero-order valence-electron chi connectivity index (χ0n) is 10.7. The van der Waals surface area contributed by atoms with Crippen molar-refractivity contribution in [3.8, 4) is 0 Å². The molecule has 0 aromatic heterocycles. The van der Waals surface area contributed by atoms with Crippen LogP contribution < -0.4 is 4.72 Å². The Morgan fingerprint density at radius 2 is 2.00 bits per heavy atom. The highest BCUT2D eigenvalue weighted by atomic mass is 79.9. The topological polar surface area (TPSA) is 46.2 Å². The lowest BCUT2D eigenvalue weighted by molar-refractivity contribution is 0.256. The van der Waals surface area contributed by atoms with E-state index in [4.69, 9.17) is 0 Å². The van der Waals surface area contributed by atoms with E-state index in [1.165, 1.54) is 0 Å². The highest BCUT2D eigenvalue weighted by Gasteiger charge is 2.40. The van der Waals surface area contributed by atoms with Crippen LogP contribution in [0.1, 0.15) is 30.4 Å². The fourth-order valence-corrected chi connectivity index (χ4v) is 4.88. The third-order valence-electron chi connectivity index (χ3n) is 3.55. The molecule has 3 nitrogen and oxygen atoms in total. The van der Waals surface area contributed by atoms with Gasteiger partial charge in [0.15, 0.2) is 0 Å². The molecule has 5 heteroatoms. The number of hydrogen-bond donors (Lipinski definition) is 1. The van der Waals surface area contributed by atoms with E-state index in [-0.39, 0.29) is 5.54 Å². The summed E-state index contributed by atoms with van der Waals surface area (Å²) in [6.07, 6.45) is 2.89. The van der Waals surface area contributed by atoms with E-state index in [1.807, 2.05) is 26.0 Å². The van der Waals surface area contributed by atoms with Crippen molar-refractivity contribution in [2.75, 3.05) is 5.33 Å². The first-order valence-electron chi connectivity index (χ1n) is 6.06. The van der Waals surface area contributed by atoms with E-state index in [2.05, 4.69) is 20.7 Å². The lowest BCUT2D eigenvalue weighted by Crippen LogP contribution is -2.54. The number of nitrogens with one attached hydrogen (secondary N) is 1. The molecule has 0 amide bonds. The fraction of sp³-hybridized carbons (Fsp3) is 0.538. The van der Waals surface area contributed by atoms with Gasteiger partial charge in [0, 0.05) is 10.9 Å². The summed E-state index contributed by atoms with van der Waals surface area (Å²) in [5, 5.41) is 0.671. The third-order valence-corrected chi connectivity index (χ3v) is 6.34. The van der Waals surface area contributed by atoms with Gasteiger partial charge < -0.3 is 0 Å². The quantitative estimate of drug-likeness (QED) is 0.862. The van der Waals surface area contributed by atoms with Crippen molar-refractivity contribution in [3.05, 3.63) is 29.3 Å². The first-order chi connectivity index (χ1) is 8.38. The van der Waals surface area contributed by atoms with Gasteiger partial charge in [-0.15, -0.1) is 0 Å². The van der Waals surface area contributed by atoms with Crippen LogP contribution in [0.3, 0.4) is 0 Å².